The molecule has 1 N–H and O–H groups in total. The number of anilines is 2. The van der Waals surface area contributed by atoms with Gasteiger partial charge in [0.2, 0.25) is 15.0 Å². The molecule has 0 atom stereocenters. The number of hydrogen-bond acceptors (Lipinski definition) is 7. The Hall–Kier alpha value is -3.39. The van der Waals surface area contributed by atoms with E-state index >= 15 is 0 Å². The Labute approximate surface area is 162 Å². The molecule has 2 aromatic carbocycles. The smallest absolute Gasteiger partial charge is 0.247 e. The average molecular weight is 391 g/mol. The molecule has 0 unspecified atom stereocenters. The van der Waals surface area contributed by atoms with Crippen molar-refractivity contribution in [3.8, 4) is 0 Å². The lowest BCUT2D eigenvalue weighted by Crippen LogP contribution is -2.06. The Morgan fingerprint density at radius 2 is 1.61 bits per heavy atom. The van der Waals surface area contributed by atoms with E-state index in [0.29, 0.717) is 16.9 Å². The van der Waals surface area contributed by atoms with E-state index in [2.05, 4.69) is 37.4 Å². The summed E-state index contributed by atoms with van der Waals surface area (Å²) < 4.78 is 23.5. The highest BCUT2D eigenvalue weighted by atomic mass is 32.2. The first kappa shape index (κ1) is 18.0. The van der Waals surface area contributed by atoms with Crippen LogP contribution in [0.4, 0.5) is 11.5 Å². The molecule has 2 aromatic heterocycles. The van der Waals surface area contributed by atoms with Crippen LogP contribution in [0.1, 0.15) is 11.1 Å². The van der Waals surface area contributed by atoms with E-state index in [1.807, 2.05) is 42.5 Å². The number of nitrogens with one attached hydrogen (secondary N) is 1. The van der Waals surface area contributed by atoms with Gasteiger partial charge in [0.25, 0.3) is 0 Å². The predicted octanol–water partition coefficient (Wildman–Crippen LogP) is 3.16. The van der Waals surface area contributed by atoms with Crippen molar-refractivity contribution in [3.05, 3.63) is 78.2 Å². The standard InChI is InChI=1S/C20H17N5O2S/c1-28(26,27)20-21-12-17-18(25-20)19(23-13-22-17)24-16-9-7-15(8-10-16)11-14-5-3-2-4-6-14/h2-10,12-13H,11H2,1H3,(H,22,23,24). The molecule has 0 saturated heterocycles. The fourth-order valence-electron chi connectivity index (χ4n) is 2.78. The predicted molar refractivity (Wildman–Crippen MR) is 107 cm³/mol. The normalized spacial score (nSPS) is 11.5. The van der Waals surface area contributed by atoms with Crippen LogP contribution in [0, 0.1) is 0 Å². The fourth-order valence-corrected chi connectivity index (χ4v) is 3.28. The Morgan fingerprint density at radius 3 is 2.32 bits per heavy atom. The van der Waals surface area contributed by atoms with E-state index in [1.165, 1.54) is 23.7 Å². The molecule has 0 spiro atoms. The molecule has 0 aliphatic rings. The molecular weight excluding hydrogens is 374 g/mol. The van der Waals surface area contributed by atoms with Crippen LogP contribution in [0.25, 0.3) is 11.0 Å². The van der Waals surface area contributed by atoms with Crippen LogP contribution in [0.5, 0.6) is 0 Å². The Bertz CT molecular complexity index is 1230. The second kappa shape index (κ2) is 7.32. The van der Waals surface area contributed by atoms with Gasteiger partial charge in [-0.2, -0.15) is 0 Å². The Morgan fingerprint density at radius 1 is 0.893 bits per heavy atom. The largest absolute Gasteiger partial charge is 0.338 e. The zero-order valence-corrected chi connectivity index (χ0v) is 15.9. The maximum Gasteiger partial charge on any atom is 0.247 e. The van der Waals surface area contributed by atoms with Crippen molar-refractivity contribution in [2.75, 3.05) is 11.6 Å². The van der Waals surface area contributed by atoms with Crippen molar-refractivity contribution in [2.45, 2.75) is 11.6 Å². The highest BCUT2D eigenvalue weighted by Gasteiger charge is 2.14. The van der Waals surface area contributed by atoms with Gasteiger partial charge in [-0.05, 0) is 29.7 Å². The molecule has 0 saturated carbocycles. The number of nitrogens with zero attached hydrogens (tertiary/aromatic N) is 4. The maximum absolute atomic E-state index is 11.7. The van der Waals surface area contributed by atoms with Gasteiger partial charge in [0.15, 0.2) is 5.82 Å². The average Bonchev–Trinajstić information content (AvgIpc) is 2.69. The minimum absolute atomic E-state index is 0.254. The van der Waals surface area contributed by atoms with Gasteiger partial charge in [-0.25, -0.2) is 28.4 Å². The minimum Gasteiger partial charge on any atom is -0.338 e. The molecule has 0 amide bonds. The second-order valence-electron chi connectivity index (χ2n) is 6.37. The molecule has 0 radical (unpaired) electrons. The fraction of sp³-hybridized carbons (Fsp3) is 0.100. The lowest BCUT2D eigenvalue weighted by molar-refractivity contribution is 0.593. The van der Waals surface area contributed by atoms with Gasteiger partial charge in [-0.15, -0.1) is 0 Å². The van der Waals surface area contributed by atoms with Gasteiger partial charge in [0.05, 0.1) is 6.20 Å². The SMILES string of the molecule is CS(=O)(=O)c1ncc2ncnc(Nc3ccc(Cc4ccccc4)cc3)c2n1. The van der Waals surface area contributed by atoms with Crippen LogP contribution in [0.15, 0.2) is 72.3 Å². The summed E-state index contributed by atoms with van der Waals surface area (Å²) in [4.78, 5) is 16.3. The molecular formula is C20H17N5O2S. The summed E-state index contributed by atoms with van der Waals surface area (Å²) in [6, 6.07) is 18.2. The Balaban J connectivity index is 1.61. The van der Waals surface area contributed by atoms with Crippen molar-refractivity contribution >= 4 is 32.4 Å². The summed E-state index contributed by atoms with van der Waals surface area (Å²) in [6.45, 7) is 0. The van der Waals surface area contributed by atoms with E-state index < -0.39 is 9.84 Å². The second-order valence-corrected chi connectivity index (χ2v) is 8.27. The molecule has 0 aliphatic carbocycles. The minimum atomic E-state index is -3.52. The highest BCUT2D eigenvalue weighted by Crippen LogP contribution is 2.22. The highest BCUT2D eigenvalue weighted by molar-refractivity contribution is 7.90. The zero-order chi connectivity index (χ0) is 19.6. The monoisotopic (exact) mass is 391 g/mol. The van der Waals surface area contributed by atoms with Crippen molar-refractivity contribution < 1.29 is 8.42 Å². The first-order valence-corrected chi connectivity index (χ1v) is 10.5. The molecule has 7 nitrogen and oxygen atoms in total. The van der Waals surface area contributed by atoms with E-state index in [0.717, 1.165) is 18.4 Å². The lowest BCUT2D eigenvalue weighted by Gasteiger charge is -2.09. The molecule has 4 rings (SSSR count). The topological polar surface area (TPSA) is 97.7 Å². The quantitative estimate of drug-likeness (QED) is 0.522. The molecule has 28 heavy (non-hydrogen) atoms. The molecule has 0 aliphatic heterocycles. The van der Waals surface area contributed by atoms with Gasteiger partial charge in [-0.3, -0.25) is 0 Å². The van der Waals surface area contributed by atoms with Crippen LogP contribution in [0.2, 0.25) is 0 Å². The summed E-state index contributed by atoms with van der Waals surface area (Å²) in [7, 11) is -3.52. The first-order chi connectivity index (χ1) is 13.5. The number of aromatic nitrogens is 4. The number of sulfone groups is 1. The van der Waals surface area contributed by atoms with Crippen molar-refractivity contribution in [1.29, 1.82) is 0 Å². The third-order valence-corrected chi connectivity index (χ3v) is 5.01. The Kier molecular flexibility index (Phi) is 4.70. The van der Waals surface area contributed by atoms with Gasteiger partial charge in [0.1, 0.15) is 17.4 Å². The number of fused-ring (bicyclic) bond motifs is 1. The summed E-state index contributed by atoms with van der Waals surface area (Å²) in [6.07, 6.45) is 4.69. The van der Waals surface area contributed by atoms with E-state index in [1.54, 1.807) is 0 Å². The third-order valence-electron chi connectivity index (χ3n) is 4.15. The molecule has 2 heterocycles. The number of hydrogen-bond donors (Lipinski definition) is 1. The molecule has 140 valence electrons. The summed E-state index contributed by atoms with van der Waals surface area (Å²) in [5.74, 6) is 0.424. The molecule has 8 heteroatoms. The van der Waals surface area contributed by atoms with Crippen LogP contribution >= 0.6 is 0 Å². The van der Waals surface area contributed by atoms with E-state index in [9.17, 15) is 8.42 Å². The van der Waals surface area contributed by atoms with Crippen LogP contribution in [-0.2, 0) is 16.3 Å². The van der Waals surface area contributed by atoms with Crippen molar-refractivity contribution in [3.63, 3.8) is 0 Å². The van der Waals surface area contributed by atoms with E-state index in [-0.39, 0.29) is 5.16 Å². The van der Waals surface area contributed by atoms with Gasteiger partial charge in [-0.1, -0.05) is 42.5 Å². The summed E-state index contributed by atoms with van der Waals surface area (Å²) in [5, 5.41) is 2.93. The molecule has 0 fully saturated rings. The zero-order valence-electron chi connectivity index (χ0n) is 15.1. The van der Waals surface area contributed by atoms with Crippen LogP contribution in [-0.4, -0.2) is 34.6 Å². The molecule has 0 bridgehead atoms. The lowest BCUT2D eigenvalue weighted by atomic mass is 10.0. The van der Waals surface area contributed by atoms with Gasteiger partial charge in [0, 0.05) is 11.9 Å². The van der Waals surface area contributed by atoms with Gasteiger partial charge >= 0.3 is 0 Å². The molecule has 4 aromatic rings. The van der Waals surface area contributed by atoms with E-state index in [4.69, 9.17) is 0 Å². The maximum atomic E-state index is 11.7. The van der Waals surface area contributed by atoms with Gasteiger partial charge < -0.3 is 5.32 Å². The van der Waals surface area contributed by atoms with Crippen LogP contribution in [0.3, 0.4) is 0 Å². The first-order valence-electron chi connectivity index (χ1n) is 8.57. The number of rotatable bonds is 5. The summed E-state index contributed by atoms with van der Waals surface area (Å²) in [5.41, 5.74) is 4.06. The third kappa shape index (κ3) is 3.96. The van der Waals surface area contributed by atoms with Crippen molar-refractivity contribution in [2.24, 2.45) is 0 Å². The summed E-state index contributed by atoms with van der Waals surface area (Å²) >= 11 is 0. The van der Waals surface area contributed by atoms with Crippen LogP contribution < -0.4 is 5.32 Å². The number of benzene rings is 2. The van der Waals surface area contributed by atoms with Crippen molar-refractivity contribution in [1.82, 2.24) is 19.9 Å².